The van der Waals surface area contributed by atoms with Crippen molar-refractivity contribution < 1.29 is 5.11 Å². The summed E-state index contributed by atoms with van der Waals surface area (Å²) in [5.41, 5.74) is 0.705. The maximum absolute atomic E-state index is 8.80. The van der Waals surface area contributed by atoms with Crippen molar-refractivity contribution in [3.8, 4) is 0 Å². The second-order valence-electron chi connectivity index (χ2n) is 2.73. The molecule has 0 spiro atoms. The standard InChI is InChI=1S/C9H14N2O/c1-2-3-4-9-10-6-5-8(7-12)11-9/h5-6,12H,2-4,7H2,1H3. The highest BCUT2D eigenvalue weighted by atomic mass is 16.3. The van der Waals surface area contributed by atoms with Gasteiger partial charge in [-0.3, -0.25) is 0 Å². The van der Waals surface area contributed by atoms with Gasteiger partial charge in [-0.2, -0.15) is 0 Å². The second-order valence-corrected chi connectivity index (χ2v) is 2.73. The van der Waals surface area contributed by atoms with E-state index in [1.54, 1.807) is 12.3 Å². The highest BCUT2D eigenvalue weighted by Crippen LogP contribution is 2.00. The van der Waals surface area contributed by atoms with E-state index in [-0.39, 0.29) is 6.61 Å². The Hall–Kier alpha value is -0.960. The molecule has 0 amide bonds. The molecule has 0 aliphatic carbocycles. The molecule has 0 bridgehead atoms. The molecule has 0 saturated carbocycles. The number of hydrogen-bond acceptors (Lipinski definition) is 3. The fourth-order valence-corrected chi connectivity index (χ4v) is 0.985. The molecule has 1 aromatic heterocycles. The van der Waals surface area contributed by atoms with Crippen molar-refractivity contribution >= 4 is 0 Å². The van der Waals surface area contributed by atoms with Crippen LogP contribution in [0.4, 0.5) is 0 Å². The van der Waals surface area contributed by atoms with Crippen LogP contribution in [0.3, 0.4) is 0 Å². The van der Waals surface area contributed by atoms with Gasteiger partial charge in [0.1, 0.15) is 5.82 Å². The monoisotopic (exact) mass is 166 g/mol. The summed E-state index contributed by atoms with van der Waals surface area (Å²) in [6.07, 6.45) is 4.86. The molecular formula is C9H14N2O. The van der Waals surface area contributed by atoms with Gasteiger partial charge in [0.05, 0.1) is 12.3 Å². The van der Waals surface area contributed by atoms with Crippen LogP contribution in [0.1, 0.15) is 31.3 Å². The van der Waals surface area contributed by atoms with E-state index >= 15 is 0 Å². The Kier molecular flexibility index (Phi) is 3.67. The predicted octanol–water partition coefficient (Wildman–Crippen LogP) is 1.31. The Morgan fingerprint density at radius 3 is 3.00 bits per heavy atom. The van der Waals surface area contributed by atoms with E-state index in [1.807, 2.05) is 0 Å². The van der Waals surface area contributed by atoms with Gasteiger partial charge in [0.25, 0.3) is 0 Å². The van der Waals surface area contributed by atoms with Crippen LogP contribution in [0.25, 0.3) is 0 Å². The Labute approximate surface area is 72.5 Å². The van der Waals surface area contributed by atoms with E-state index < -0.39 is 0 Å². The van der Waals surface area contributed by atoms with Gasteiger partial charge in [0.2, 0.25) is 0 Å². The molecule has 0 unspecified atom stereocenters. The van der Waals surface area contributed by atoms with E-state index in [0.29, 0.717) is 5.69 Å². The van der Waals surface area contributed by atoms with Gasteiger partial charge >= 0.3 is 0 Å². The SMILES string of the molecule is CCCCc1nccc(CO)n1. The molecule has 3 nitrogen and oxygen atoms in total. The van der Waals surface area contributed by atoms with Crippen molar-refractivity contribution in [1.82, 2.24) is 9.97 Å². The van der Waals surface area contributed by atoms with E-state index in [2.05, 4.69) is 16.9 Å². The highest BCUT2D eigenvalue weighted by molar-refractivity contribution is 5.00. The van der Waals surface area contributed by atoms with Crippen molar-refractivity contribution in [1.29, 1.82) is 0 Å². The van der Waals surface area contributed by atoms with Crippen LogP contribution in [0.15, 0.2) is 12.3 Å². The maximum atomic E-state index is 8.80. The number of aryl methyl sites for hydroxylation is 1. The summed E-state index contributed by atoms with van der Waals surface area (Å²) in [7, 11) is 0. The molecule has 1 N–H and O–H groups in total. The summed E-state index contributed by atoms with van der Waals surface area (Å²) < 4.78 is 0. The molecule has 0 aliphatic heterocycles. The Bertz CT molecular complexity index is 238. The van der Waals surface area contributed by atoms with Gasteiger partial charge in [-0.25, -0.2) is 9.97 Å². The van der Waals surface area contributed by atoms with Gasteiger partial charge in [-0.05, 0) is 12.5 Å². The average molecular weight is 166 g/mol. The topological polar surface area (TPSA) is 46.0 Å². The van der Waals surface area contributed by atoms with Crippen molar-refractivity contribution in [3.63, 3.8) is 0 Å². The third-order valence-electron chi connectivity index (χ3n) is 1.68. The molecule has 0 radical (unpaired) electrons. The zero-order valence-electron chi connectivity index (χ0n) is 7.32. The third-order valence-corrected chi connectivity index (χ3v) is 1.68. The molecule has 0 aliphatic rings. The minimum absolute atomic E-state index is 0.00163. The minimum Gasteiger partial charge on any atom is -0.390 e. The molecule has 0 saturated heterocycles. The summed E-state index contributed by atoms with van der Waals surface area (Å²) >= 11 is 0. The van der Waals surface area contributed by atoms with Gasteiger partial charge in [-0.15, -0.1) is 0 Å². The first-order valence-electron chi connectivity index (χ1n) is 4.28. The van der Waals surface area contributed by atoms with E-state index in [1.165, 1.54) is 0 Å². The van der Waals surface area contributed by atoms with Crippen molar-refractivity contribution in [3.05, 3.63) is 23.8 Å². The Morgan fingerprint density at radius 1 is 1.50 bits per heavy atom. The normalized spacial score (nSPS) is 10.2. The number of rotatable bonds is 4. The van der Waals surface area contributed by atoms with Crippen molar-refractivity contribution in [2.24, 2.45) is 0 Å². The number of nitrogens with zero attached hydrogens (tertiary/aromatic N) is 2. The molecule has 1 rings (SSSR count). The smallest absolute Gasteiger partial charge is 0.128 e. The zero-order valence-corrected chi connectivity index (χ0v) is 7.32. The van der Waals surface area contributed by atoms with Gasteiger partial charge in [0, 0.05) is 12.6 Å². The van der Waals surface area contributed by atoms with Crippen LogP contribution in [0, 0.1) is 0 Å². The average Bonchev–Trinajstić information content (AvgIpc) is 2.15. The van der Waals surface area contributed by atoms with E-state index in [4.69, 9.17) is 5.11 Å². The Balaban J connectivity index is 2.60. The summed E-state index contributed by atoms with van der Waals surface area (Å²) in [5, 5.41) is 8.80. The number of aromatic nitrogens is 2. The lowest BCUT2D eigenvalue weighted by Gasteiger charge is -1.99. The molecule has 0 fully saturated rings. The molecule has 1 aromatic rings. The first kappa shape index (κ1) is 9.13. The molecule has 66 valence electrons. The van der Waals surface area contributed by atoms with Crippen molar-refractivity contribution in [2.45, 2.75) is 32.8 Å². The number of unbranched alkanes of at least 4 members (excludes halogenated alkanes) is 1. The lowest BCUT2D eigenvalue weighted by atomic mass is 10.2. The van der Waals surface area contributed by atoms with Gasteiger partial charge in [0.15, 0.2) is 0 Å². The molecule has 0 aromatic carbocycles. The van der Waals surface area contributed by atoms with Crippen LogP contribution >= 0.6 is 0 Å². The summed E-state index contributed by atoms with van der Waals surface area (Å²) in [5.74, 6) is 0.836. The van der Waals surface area contributed by atoms with E-state index in [0.717, 1.165) is 25.1 Å². The Morgan fingerprint density at radius 2 is 2.33 bits per heavy atom. The quantitative estimate of drug-likeness (QED) is 0.733. The largest absolute Gasteiger partial charge is 0.390 e. The van der Waals surface area contributed by atoms with Gasteiger partial charge < -0.3 is 5.11 Å². The number of aliphatic hydroxyl groups is 1. The van der Waals surface area contributed by atoms with Crippen LogP contribution in [0.5, 0.6) is 0 Å². The molecule has 1 heterocycles. The van der Waals surface area contributed by atoms with Gasteiger partial charge in [-0.1, -0.05) is 13.3 Å². The first-order valence-corrected chi connectivity index (χ1v) is 4.28. The van der Waals surface area contributed by atoms with E-state index in [9.17, 15) is 0 Å². The fourth-order valence-electron chi connectivity index (χ4n) is 0.985. The lowest BCUT2D eigenvalue weighted by molar-refractivity contribution is 0.276. The third kappa shape index (κ3) is 2.58. The molecular weight excluding hydrogens is 152 g/mol. The number of hydrogen-bond donors (Lipinski definition) is 1. The summed E-state index contributed by atoms with van der Waals surface area (Å²) in [4.78, 5) is 8.27. The lowest BCUT2D eigenvalue weighted by Crippen LogP contribution is -1.98. The highest BCUT2D eigenvalue weighted by Gasteiger charge is 1.96. The van der Waals surface area contributed by atoms with Crippen molar-refractivity contribution in [2.75, 3.05) is 0 Å². The van der Waals surface area contributed by atoms with Crippen LogP contribution < -0.4 is 0 Å². The second kappa shape index (κ2) is 4.83. The zero-order chi connectivity index (χ0) is 8.81. The summed E-state index contributed by atoms with van der Waals surface area (Å²) in [6, 6.07) is 1.73. The maximum Gasteiger partial charge on any atom is 0.128 e. The number of aliphatic hydroxyl groups excluding tert-OH is 1. The molecule has 3 heteroatoms. The molecule has 12 heavy (non-hydrogen) atoms. The predicted molar refractivity (Wildman–Crippen MR) is 46.6 cm³/mol. The van der Waals surface area contributed by atoms with Crippen LogP contribution in [-0.4, -0.2) is 15.1 Å². The first-order chi connectivity index (χ1) is 5.86. The molecule has 0 atom stereocenters. The summed E-state index contributed by atoms with van der Waals surface area (Å²) in [6.45, 7) is 2.14. The minimum atomic E-state index is 0.00163. The van der Waals surface area contributed by atoms with Crippen LogP contribution in [0.2, 0.25) is 0 Å². The van der Waals surface area contributed by atoms with Crippen LogP contribution in [-0.2, 0) is 13.0 Å². The fraction of sp³-hybridized carbons (Fsp3) is 0.556.